The SMILES string of the molecule is NC(=S)NCCCCCCCCCCCCO. The van der Waals surface area contributed by atoms with Crippen molar-refractivity contribution in [1.29, 1.82) is 0 Å². The van der Waals surface area contributed by atoms with Crippen LogP contribution in [0.5, 0.6) is 0 Å². The van der Waals surface area contributed by atoms with Crippen molar-refractivity contribution in [2.24, 2.45) is 5.73 Å². The van der Waals surface area contributed by atoms with Gasteiger partial charge in [0.2, 0.25) is 0 Å². The Labute approximate surface area is 111 Å². The molecule has 0 aromatic heterocycles. The number of nitrogens with one attached hydrogen (secondary N) is 1. The molecule has 17 heavy (non-hydrogen) atoms. The monoisotopic (exact) mass is 260 g/mol. The number of hydrogen-bond acceptors (Lipinski definition) is 2. The highest BCUT2D eigenvalue weighted by atomic mass is 32.1. The Balaban J connectivity index is 2.91. The molecule has 0 atom stereocenters. The normalized spacial score (nSPS) is 10.4. The van der Waals surface area contributed by atoms with Crippen LogP contribution in [0.2, 0.25) is 0 Å². The van der Waals surface area contributed by atoms with Crippen molar-refractivity contribution in [3.05, 3.63) is 0 Å². The summed E-state index contributed by atoms with van der Waals surface area (Å²) < 4.78 is 0. The summed E-state index contributed by atoms with van der Waals surface area (Å²) in [5.41, 5.74) is 5.33. The molecule has 0 bridgehead atoms. The second kappa shape index (κ2) is 13.7. The zero-order valence-corrected chi connectivity index (χ0v) is 11.7. The Morgan fingerprint density at radius 2 is 1.24 bits per heavy atom. The van der Waals surface area contributed by atoms with Crippen molar-refractivity contribution in [3.63, 3.8) is 0 Å². The summed E-state index contributed by atoms with van der Waals surface area (Å²) in [5, 5.41) is 12.0. The third-order valence-corrected chi connectivity index (χ3v) is 3.03. The van der Waals surface area contributed by atoms with Gasteiger partial charge < -0.3 is 16.2 Å². The van der Waals surface area contributed by atoms with Gasteiger partial charge in [0, 0.05) is 13.2 Å². The van der Waals surface area contributed by atoms with Crippen LogP contribution in [0.15, 0.2) is 0 Å². The van der Waals surface area contributed by atoms with Crippen LogP contribution >= 0.6 is 12.2 Å². The minimum Gasteiger partial charge on any atom is -0.396 e. The van der Waals surface area contributed by atoms with E-state index in [2.05, 4.69) is 5.32 Å². The van der Waals surface area contributed by atoms with Crippen LogP contribution in [0.25, 0.3) is 0 Å². The molecule has 0 rings (SSSR count). The van der Waals surface area contributed by atoms with Crippen LogP contribution in [0.3, 0.4) is 0 Å². The molecule has 0 aliphatic heterocycles. The van der Waals surface area contributed by atoms with Crippen LogP contribution < -0.4 is 11.1 Å². The van der Waals surface area contributed by atoms with Crippen molar-refractivity contribution in [3.8, 4) is 0 Å². The summed E-state index contributed by atoms with van der Waals surface area (Å²) in [6.07, 6.45) is 12.5. The van der Waals surface area contributed by atoms with Gasteiger partial charge in [-0.05, 0) is 25.1 Å². The summed E-state index contributed by atoms with van der Waals surface area (Å²) in [6, 6.07) is 0. The van der Waals surface area contributed by atoms with Gasteiger partial charge >= 0.3 is 0 Å². The Bertz CT molecular complexity index is 177. The predicted molar refractivity (Wildman–Crippen MR) is 78.0 cm³/mol. The van der Waals surface area contributed by atoms with Gasteiger partial charge in [-0.1, -0.05) is 51.4 Å². The third-order valence-electron chi connectivity index (χ3n) is 2.88. The van der Waals surface area contributed by atoms with Gasteiger partial charge in [-0.15, -0.1) is 0 Å². The van der Waals surface area contributed by atoms with Crippen molar-refractivity contribution >= 4 is 17.3 Å². The highest BCUT2D eigenvalue weighted by molar-refractivity contribution is 7.80. The van der Waals surface area contributed by atoms with Crippen molar-refractivity contribution in [2.45, 2.75) is 64.2 Å². The first-order valence-corrected chi connectivity index (χ1v) is 7.32. The lowest BCUT2D eigenvalue weighted by molar-refractivity contribution is 0.282. The van der Waals surface area contributed by atoms with Gasteiger partial charge in [-0.3, -0.25) is 0 Å². The zero-order chi connectivity index (χ0) is 12.8. The predicted octanol–water partition coefficient (Wildman–Crippen LogP) is 2.71. The smallest absolute Gasteiger partial charge is 0.163 e. The van der Waals surface area contributed by atoms with Crippen LogP contribution in [-0.4, -0.2) is 23.4 Å². The molecule has 0 saturated carbocycles. The number of aliphatic hydroxyl groups excluding tert-OH is 1. The van der Waals surface area contributed by atoms with E-state index in [4.69, 9.17) is 23.1 Å². The van der Waals surface area contributed by atoms with Gasteiger partial charge in [0.15, 0.2) is 5.11 Å². The topological polar surface area (TPSA) is 58.3 Å². The Morgan fingerprint density at radius 3 is 1.65 bits per heavy atom. The molecular weight excluding hydrogens is 232 g/mol. The molecular formula is C13H28N2OS. The second-order valence-electron chi connectivity index (χ2n) is 4.55. The molecule has 0 aliphatic carbocycles. The van der Waals surface area contributed by atoms with Gasteiger partial charge in [0.1, 0.15) is 0 Å². The first kappa shape index (κ1) is 16.6. The summed E-state index contributed by atoms with van der Waals surface area (Å²) in [7, 11) is 0. The standard InChI is InChI=1S/C13H28N2OS/c14-13(17)15-11-9-7-5-3-1-2-4-6-8-10-12-16/h16H,1-12H2,(H3,14,15,17). The first-order valence-electron chi connectivity index (χ1n) is 6.91. The molecule has 0 amide bonds. The number of nitrogens with two attached hydrogens (primary N) is 1. The number of rotatable bonds is 12. The maximum Gasteiger partial charge on any atom is 0.163 e. The minimum absolute atomic E-state index is 0.347. The van der Waals surface area contributed by atoms with Crippen molar-refractivity contribution < 1.29 is 5.11 Å². The van der Waals surface area contributed by atoms with Gasteiger partial charge in [-0.2, -0.15) is 0 Å². The van der Waals surface area contributed by atoms with Crippen LogP contribution in [0, 0.1) is 0 Å². The summed E-state index contributed by atoms with van der Waals surface area (Å²) in [5.74, 6) is 0. The van der Waals surface area contributed by atoms with Gasteiger partial charge in [0.05, 0.1) is 0 Å². The molecule has 0 saturated heterocycles. The molecule has 0 aromatic carbocycles. The summed E-state index contributed by atoms with van der Waals surface area (Å²) in [4.78, 5) is 0. The minimum atomic E-state index is 0.347. The Morgan fingerprint density at radius 1 is 0.824 bits per heavy atom. The lowest BCUT2D eigenvalue weighted by Crippen LogP contribution is -2.29. The highest BCUT2D eigenvalue weighted by Gasteiger charge is 1.93. The molecule has 4 heteroatoms. The average molecular weight is 260 g/mol. The van der Waals surface area contributed by atoms with E-state index in [1.54, 1.807) is 0 Å². The molecule has 0 spiro atoms. The summed E-state index contributed by atoms with van der Waals surface area (Å²) >= 11 is 4.73. The maximum atomic E-state index is 8.62. The van der Waals surface area contributed by atoms with Gasteiger partial charge in [-0.25, -0.2) is 0 Å². The average Bonchev–Trinajstić information content (AvgIpc) is 2.30. The molecule has 0 radical (unpaired) electrons. The number of unbranched alkanes of at least 4 members (excludes halogenated alkanes) is 9. The molecule has 0 fully saturated rings. The molecule has 102 valence electrons. The molecule has 4 N–H and O–H groups in total. The van der Waals surface area contributed by atoms with Crippen LogP contribution in [-0.2, 0) is 0 Å². The fourth-order valence-electron chi connectivity index (χ4n) is 1.86. The zero-order valence-electron chi connectivity index (χ0n) is 10.9. The molecule has 0 aromatic rings. The quantitative estimate of drug-likeness (QED) is 0.373. The Kier molecular flexibility index (Phi) is 13.4. The summed E-state index contributed by atoms with van der Waals surface area (Å²) in [6.45, 7) is 1.26. The van der Waals surface area contributed by atoms with E-state index in [1.165, 1.54) is 51.4 Å². The van der Waals surface area contributed by atoms with Gasteiger partial charge in [0.25, 0.3) is 0 Å². The molecule has 3 nitrogen and oxygen atoms in total. The van der Waals surface area contributed by atoms with Crippen LogP contribution in [0.4, 0.5) is 0 Å². The fraction of sp³-hybridized carbons (Fsp3) is 0.923. The number of aliphatic hydroxyl groups is 1. The van der Waals surface area contributed by atoms with E-state index >= 15 is 0 Å². The lowest BCUT2D eigenvalue weighted by Gasteiger charge is -2.04. The maximum absolute atomic E-state index is 8.62. The molecule has 0 unspecified atom stereocenters. The molecule has 0 heterocycles. The van der Waals surface area contributed by atoms with Crippen molar-refractivity contribution in [2.75, 3.05) is 13.2 Å². The third kappa shape index (κ3) is 15.6. The highest BCUT2D eigenvalue weighted by Crippen LogP contribution is 2.10. The van der Waals surface area contributed by atoms with Crippen LogP contribution in [0.1, 0.15) is 64.2 Å². The van der Waals surface area contributed by atoms with E-state index in [0.717, 1.165) is 19.4 Å². The van der Waals surface area contributed by atoms with E-state index in [9.17, 15) is 0 Å². The largest absolute Gasteiger partial charge is 0.396 e. The molecule has 0 aliphatic rings. The first-order chi connectivity index (χ1) is 8.27. The van der Waals surface area contributed by atoms with E-state index < -0.39 is 0 Å². The van der Waals surface area contributed by atoms with Crippen molar-refractivity contribution in [1.82, 2.24) is 5.32 Å². The number of hydrogen-bond donors (Lipinski definition) is 3. The van der Waals surface area contributed by atoms with E-state index in [-0.39, 0.29) is 0 Å². The second-order valence-corrected chi connectivity index (χ2v) is 4.99. The lowest BCUT2D eigenvalue weighted by atomic mass is 10.1. The number of thiocarbonyl (C=S) groups is 1. The Hall–Kier alpha value is -0.350. The van der Waals surface area contributed by atoms with E-state index in [1.807, 2.05) is 0 Å². The van der Waals surface area contributed by atoms with E-state index in [0.29, 0.717) is 11.7 Å². The fourth-order valence-corrected chi connectivity index (χ4v) is 1.96.